The molecule has 168 valence electrons. The van der Waals surface area contributed by atoms with E-state index in [1.807, 2.05) is 42.5 Å². The average molecular weight is 457 g/mol. The summed E-state index contributed by atoms with van der Waals surface area (Å²) in [5.41, 5.74) is 4.94. The number of benzene rings is 5. The topological polar surface area (TPSA) is 84.0 Å². The van der Waals surface area contributed by atoms with E-state index in [4.69, 9.17) is 9.97 Å². The monoisotopic (exact) mass is 456 g/mol. The van der Waals surface area contributed by atoms with Crippen molar-refractivity contribution in [3.05, 3.63) is 96.6 Å². The SMILES string of the molecule is CC(=O)c1ccc(NC(=O)Nc2ccc3nc4c5ccccc5c5ccccc5c4nc3c2)cc1. The fourth-order valence-corrected chi connectivity index (χ4v) is 4.44. The fourth-order valence-electron chi connectivity index (χ4n) is 4.44. The van der Waals surface area contributed by atoms with Crippen molar-refractivity contribution in [1.29, 1.82) is 0 Å². The molecule has 0 aliphatic rings. The molecule has 2 amide bonds. The van der Waals surface area contributed by atoms with Crippen LogP contribution in [0.4, 0.5) is 16.2 Å². The first-order chi connectivity index (χ1) is 17.1. The number of anilines is 2. The lowest BCUT2D eigenvalue weighted by atomic mass is 9.99. The normalized spacial score (nSPS) is 11.2. The standard InChI is InChI=1S/C29H20N4O2/c1-17(34)18-10-12-19(13-11-18)30-29(35)31-20-14-15-25-26(16-20)33-28-24-9-5-3-7-22(24)21-6-2-4-8-23(21)27(28)32-25/h2-16H,1H3,(H2,30,31,35). The predicted octanol–water partition coefficient (Wildman–Crippen LogP) is 6.94. The number of urea groups is 1. The van der Waals surface area contributed by atoms with Gasteiger partial charge < -0.3 is 10.6 Å². The minimum absolute atomic E-state index is 0.0217. The van der Waals surface area contributed by atoms with Gasteiger partial charge in [0.1, 0.15) is 0 Å². The van der Waals surface area contributed by atoms with Crippen LogP contribution in [0.25, 0.3) is 43.6 Å². The van der Waals surface area contributed by atoms with Crippen molar-refractivity contribution in [3.63, 3.8) is 0 Å². The van der Waals surface area contributed by atoms with Gasteiger partial charge in [0.2, 0.25) is 0 Å². The van der Waals surface area contributed by atoms with Crippen LogP contribution >= 0.6 is 0 Å². The molecule has 0 spiro atoms. The number of nitrogens with one attached hydrogen (secondary N) is 2. The van der Waals surface area contributed by atoms with Crippen LogP contribution < -0.4 is 10.6 Å². The summed E-state index contributed by atoms with van der Waals surface area (Å²) in [6.07, 6.45) is 0. The Labute approximate surface area is 200 Å². The first-order valence-electron chi connectivity index (χ1n) is 11.3. The molecule has 0 fully saturated rings. The number of fused-ring (bicyclic) bond motifs is 7. The molecule has 0 unspecified atom stereocenters. The molecule has 0 bridgehead atoms. The van der Waals surface area contributed by atoms with Crippen LogP contribution in [0, 0.1) is 0 Å². The third kappa shape index (κ3) is 3.71. The Morgan fingerprint density at radius 2 is 1.11 bits per heavy atom. The van der Waals surface area contributed by atoms with E-state index in [0.29, 0.717) is 22.5 Å². The van der Waals surface area contributed by atoms with Gasteiger partial charge in [0.25, 0.3) is 0 Å². The number of rotatable bonds is 3. The summed E-state index contributed by atoms with van der Waals surface area (Å²) in [5, 5.41) is 10.0. The molecule has 0 saturated heterocycles. The minimum Gasteiger partial charge on any atom is -0.308 e. The van der Waals surface area contributed by atoms with E-state index in [-0.39, 0.29) is 11.8 Å². The molecule has 6 nitrogen and oxygen atoms in total. The molecule has 0 atom stereocenters. The Morgan fingerprint density at radius 3 is 1.71 bits per heavy atom. The van der Waals surface area contributed by atoms with Gasteiger partial charge >= 0.3 is 6.03 Å². The molecule has 5 aromatic carbocycles. The highest BCUT2D eigenvalue weighted by molar-refractivity contribution is 6.23. The molecule has 6 heteroatoms. The Hall–Kier alpha value is -4.84. The second-order valence-corrected chi connectivity index (χ2v) is 8.43. The minimum atomic E-state index is -0.384. The maximum Gasteiger partial charge on any atom is 0.323 e. The van der Waals surface area contributed by atoms with Gasteiger partial charge in [0.05, 0.1) is 22.1 Å². The number of aromatic nitrogens is 2. The van der Waals surface area contributed by atoms with Gasteiger partial charge in [0, 0.05) is 27.7 Å². The lowest BCUT2D eigenvalue weighted by Gasteiger charge is -2.11. The maximum atomic E-state index is 12.5. The number of nitrogens with zero attached hydrogens (tertiary/aromatic N) is 2. The van der Waals surface area contributed by atoms with E-state index in [1.54, 1.807) is 24.3 Å². The molecule has 2 N–H and O–H groups in total. The molecule has 1 aromatic heterocycles. The molecule has 0 aliphatic heterocycles. The smallest absolute Gasteiger partial charge is 0.308 e. The Kier molecular flexibility index (Phi) is 4.85. The van der Waals surface area contributed by atoms with Crippen molar-refractivity contribution in [2.75, 3.05) is 10.6 Å². The number of Topliss-reactive ketones (excluding diaryl/α,β-unsaturated/α-hetero) is 1. The summed E-state index contributed by atoms with van der Waals surface area (Å²) in [4.78, 5) is 33.9. The first-order valence-corrected chi connectivity index (χ1v) is 11.3. The number of carbonyl (C=O) groups is 2. The lowest BCUT2D eigenvalue weighted by Crippen LogP contribution is -2.19. The van der Waals surface area contributed by atoms with Crippen LogP contribution in [-0.2, 0) is 0 Å². The molecule has 1 heterocycles. The van der Waals surface area contributed by atoms with Crippen molar-refractivity contribution in [3.8, 4) is 0 Å². The van der Waals surface area contributed by atoms with Crippen LogP contribution in [0.2, 0.25) is 0 Å². The van der Waals surface area contributed by atoms with E-state index in [0.717, 1.165) is 38.1 Å². The van der Waals surface area contributed by atoms with Crippen molar-refractivity contribution in [1.82, 2.24) is 9.97 Å². The summed E-state index contributed by atoms with van der Waals surface area (Å²) in [6, 6.07) is 28.3. The van der Waals surface area contributed by atoms with Gasteiger partial charge in [-0.05, 0) is 60.2 Å². The summed E-state index contributed by atoms with van der Waals surface area (Å²) in [5.74, 6) is -0.0217. The Bertz CT molecular complexity index is 1790. The third-order valence-corrected chi connectivity index (χ3v) is 6.13. The maximum absolute atomic E-state index is 12.5. The molecule has 35 heavy (non-hydrogen) atoms. The van der Waals surface area contributed by atoms with Crippen LogP contribution in [0.3, 0.4) is 0 Å². The molecule has 6 aromatic rings. The van der Waals surface area contributed by atoms with E-state index in [1.165, 1.54) is 6.92 Å². The molecule has 0 aliphatic carbocycles. The van der Waals surface area contributed by atoms with Crippen molar-refractivity contribution >= 4 is 66.8 Å². The molecule has 6 rings (SSSR count). The van der Waals surface area contributed by atoms with E-state index in [9.17, 15) is 9.59 Å². The van der Waals surface area contributed by atoms with Gasteiger partial charge in [-0.1, -0.05) is 48.5 Å². The van der Waals surface area contributed by atoms with Crippen LogP contribution in [0.5, 0.6) is 0 Å². The fraction of sp³-hybridized carbons (Fsp3) is 0.0345. The second-order valence-electron chi connectivity index (χ2n) is 8.43. The molecule has 0 radical (unpaired) electrons. The third-order valence-electron chi connectivity index (χ3n) is 6.13. The highest BCUT2D eigenvalue weighted by Crippen LogP contribution is 2.34. The molecular formula is C29H20N4O2. The van der Waals surface area contributed by atoms with Crippen molar-refractivity contribution < 1.29 is 9.59 Å². The summed E-state index contributed by atoms with van der Waals surface area (Å²) >= 11 is 0. The number of amides is 2. The average Bonchev–Trinajstić information content (AvgIpc) is 2.88. The number of carbonyl (C=O) groups excluding carboxylic acids is 2. The second kappa shape index (κ2) is 8.18. The van der Waals surface area contributed by atoms with Gasteiger partial charge in [-0.2, -0.15) is 0 Å². The van der Waals surface area contributed by atoms with Gasteiger partial charge in [-0.25, -0.2) is 14.8 Å². The highest BCUT2D eigenvalue weighted by atomic mass is 16.2. The zero-order valence-corrected chi connectivity index (χ0v) is 18.9. The van der Waals surface area contributed by atoms with E-state index < -0.39 is 0 Å². The molecule has 0 saturated carbocycles. The number of ketones is 1. The zero-order chi connectivity index (χ0) is 23.9. The van der Waals surface area contributed by atoms with Gasteiger partial charge in [-0.3, -0.25) is 4.79 Å². The zero-order valence-electron chi connectivity index (χ0n) is 18.9. The van der Waals surface area contributed by atoms with Crippen LogP contribution in [0.15, 0.2) is 91.0 Å². The van der Waals surface area contributed by atoms with Crippen molar-refractivity contribution in [2.24, 2.45) is 0 Å². The van der Waals surface area contributed by atoms with Crippen LogP contribution in [-0.4, -0.2) is 21.8 Å². The van der Waals surface area contributed by atoms with E-state index in [2.05, 4.69) is 34.9 Å². The van der Waals surface area contributed by atoms with Crippen LogP contribution in [0.1, 0.15) is 17.3 Å². The van der Waals surface area contributed by atoms with E-state index >= 15 is 0 Å². The van der Waals surface area contributed by atoms with Gasteiger partial charge in [-0.15, -0.1) is 0 Å². The summed E-state index contributed by atoms with van der Waals surface area (Å²) in [7, 11) is 0. The lowest BCUT2D eigenvalue weighted by molar-refractivity contribution is 0.101. The quantitative estimate of drug-likeness (QED) is 0.172. The highest BCUT2D eigenvalue weighted by Gasteiger charge is 2.12. The Balaban J connectivity index is 1.38. The van der Waals surface area contributed by atoms with Crippen molar-refractivity contribution in [2.45, 2.75) is 6.92 Å². The first kappa shape index (κ1) is 20.7. The largest absolute Gasteiger partial charge is 0.323 e. The Morgan fingerprint density at radius 1 is 0.600 bits per heavy atom. The summed E-state index contributed by atoms with van der Waals surface area (Å²) in [6.45, 7) is 1.51. The molecular weight excluding hydrogens is 436 g/mol. The number of hydrogen-bond donors (Lipinski definition) is 2. The number of hydrogen-bond acceptors (Lipinski definition) is 4. The predicted molar refractivity (Wildman–Crippen MR) is 141 cm³/mol. The summed E-state index contributed by atoms with van der Waals surface area (Å²) < 4.78 is 0. The van der Waals surface area contributed by atoms with Gasteiger partial charge in [0.15, 0.2) is 5.78 Å².